The Morgan fingerprint density at radius 3 is 2.29 bits per heavy atom. The van der Waals surface area contributed by atoms with Gasteiger partial charge in [0.25, 0.3) is 0 Å². The minimum absolute atomic E-state index is 0. The second-order valence-electron chi connectivity index (χ2n) is 6.90. The Balaban J connectivity index is 0.00000280. The van der Waals surface area contributed by atoms with Gasteiger partial charge in [-0.25, -0.2) is 0 Å². The summed E-state index contributed by atoms with van der Waals surface area (Å²) in [6.07, 6.45) is 1.33. The lowest BCUT2D eigenvalue weighted by molar-refractivity contribution is -0.131. The van der Waals surface area contributed by atoms with Gasteiger partial charge in [-0.1, -0.05) is 54.6 Å². The van der Waals surface area contributed by atoms with Gasteiger partial charge >= 0.3 is 0 Å². The fourth-order valence-corrected chi connectivity index (χ4v) is 3.34. The second kappa shape index (κ2) is 11.0. The molecule has 2 N–H and O–H groups in total. The molecule has 0 saturated heterocycles. The third-order valence-corrected chi connectivity index (χ3v) is 4.93. The molecule has 28 heavy (non-hydrogen) atoms. The molecule has 0 radical (unpaired) electrons. The van der Waals surface area contributed by atoms with E-state index in [1.54, 1.807) is 7.05 Å². The van der Waals surface area contributed by atoms with Crippen LogP contribution < -0.4 is 10.6 Å². The predicted octanol–water partition coefficient (Wildman–Crippen LogP) is 3.85. The molecule has 2 aromatic rings. The van der Waals surface area contributed by atoms with Crippen molar-refractivity contribution < 1.29 is 4.79 Å². The number of amides is 1. The standard InChI is InChI=1S/C22H28N4O.HI/c1-17(18-9-4-3-5-10-18)25-22(23-2)24-14-8-13-21(27)26-15-19-11-6-7-12-20(19)16-26;/h3-7,9-12,17H,8,13-16H2,1-2H3,(H2,23,24,25);1H. The second-order valence-corrected chi connectivity index (χ2v) is 6.90. The first-order valence-corrected chi connectivity index (χ1v) is 9.54. The lowest BCUT2D eigenvalue weighted by atomic mass is 10.1. The van der Waals surface area contributed by atoms with Crippen LogP contribution in [0.25, 0.3) is 0 Å². The molecule has 0 fully saturated rings. The molecule has 3 rings (SSSR count). The lowest BCUT2D eigenvalue weighted by Crippen LogP contribution is -2.39. The molecule has 0 aromatic heterocycles. The van der Waals surface area contributed by atoms with Crippen molar-refractivity contribution in [1.82, 2.24) is 15.5 Å². The zero-order valence-electron chi connectivity index (χ0n) is 16.5. The van der Waals surface area contributed by atoms with Gasteiger partial charge in [0.05, 0.1) is 6.04 Å². The number of hydrogen-bond donors (Lipinski definition) is 2. The average Bonchev–Trinajstić information content (AvgIpc) is 3.15. The van der Waals surface area contributed by atoms with Crippen molar-refractivity contribution in [2.24, 2.45) is 4.99 Å². The summed E-state index contributed by atoms with van der Waals surface area (Å²) in [6, 6.07) is 18.7. The smallest absolute Gasteiger partial charge is 0.223 e. The molecule has 0 spiro atoms. The molecule has 1 atom stereocenters. The molecule has 5 nitrogen and oxygen atoms in total. The van der Waals surface area contributed by atoms with Crippen LogP contribution in [0.5, 0.6) is 0 Å². The van der Waals surface area contributed by atoms with E-state index in [1.165, 1.54) is 16.7 Å². The monoisotopic (exact) mass is 492 g/mol. The molecule has 1 unspecified atom stereocenters. The molecule has 1 heterocycles. The predicted molar refractivity (Wildman–Crippen MR) is 125 cm³/mol. The van der Waals surface area contributed by atoms with E-state index in [0.29, 0.717) is 13.0 Å². The summed E-state index contributed by atoms with van der Waals surface area (Å²) in [5.74, 6) is 0.973. The lowest BCUT2D eigenvalue weighted by Gasteiger charge is -2.19. The summed E-state index contributed by atoms with van der Waals surface area (Å²) in [5, 5.41) is 6.68. The van der Waals surface area contributed by atoms with Gasteiger partial charge in [0.15, 0.2) is 5.96 Å². The van der Waals surface area contributed by atoms with Crippen molar-refractivity contribution in [3.8, 4) is 0 Å². The van der Waals surface area contributed by atoms with Gasteiger partial charge in [0, 0.05) is 33.1 Å². The number of guanidine groups is 1. The van der Waals surface area contributed by atoms with Gasteiger partial charge in [-0.3, -0.25) is 9.79 Å². The molecule has 0 aliphatic carbocycles. The van der Waals surface area contributed by atoms with Crippen LogP contribution in [0.1, 0.15) is 42.5 Å². The summed E-state index contributed by atoms with van der Waals surface area (Å²) in [5.41, 5.74) is 3.75. The highest BCUT2D eigenvalue weighted by Crippen LogP contribution is 2.22. The van der Waals surface area contributed by atoms with Crippen LogP contribution in [0, 0.1) is 0 Å². The number of fused-ring (bicyclic) bond motifs is 1. The molecule has 2 aromatic carbocycles. The van der Waals surface area contributed by atoms with Crippen molar-refractivity contribution in [3.05, 3.63) is 71.3 Å². The number of carbonyl (C=O) groups excluding carboxylic acids is 1. The molecule has 1 amide bonds. The van der Waals surface area contributed by atoms with Crippen LogP contribution in [-0.2, 0) is 17.9 Å². The summed E-state index contributed by atoms with van der Waals surface area (Å²) < 4.78 is 0. The average molecular weight is 492 g/mol. The van der Waals surface area contributed by atoms with Crippen molar-refractivity contribution >= 4 is 35.8 Å². The maximum atomic E-state index is 12.4. The van der Waals surface area contributed by atoms with Gasteiger partial charge in [-0.2, -0.15) is 0 Å². The number of halogens is 1. The Morgan fingerprint density at radius 1 is 1.07 bits per heavy atom. The quantitative estimate of drug-likeness (QED) is 0.279. The molecule has 0 bridgehead atoms. The first kappa shape index (κ1) is 22.2. The van der Waals surface area contributed by atoms with Gasteiger partial charge in [-0.15, -0.1) is 24.0 Å². The number of rotatable bonds is 6. The summed E-state index contributed by atoms with van der Waals surface area (Å²) >= 11 is 0. The number of nitrogens with one attached hydrogen (secondary N) is 2. The number of aliphatic imine (C=N–C) groups is 1. The minimum Gasteiger partial charge on any atom is -0.356 e. The Bertz CT molecular complexity index is 769. The van der Waals surface area contributed by atoms with Crippen LogP contribution in [0.15, 0.2) is 59.6 Å². The van der Waals surface area contributed by atoms with Gasteiger partial charge in [-0.05, 0) is 30.0 Å². The summed E-state index contributed by atoms with van der Waals surface area (Å²) in [6.45, 7) is 4.30. The van der Waals surface area contributed by atoms with Crippen molar-refractivity contribution in [2.45, 2.75) is 38.9 Å². The largest absolute Gasteiger partial charge is 0.356 e. The van der Waals surface area contributed by atoms with Crippen molar-refractivity contribution in [2.75, 3.05) is 13.6 Å². The number of hydrogen-bond acceptors (Lipinski definition) is 2. The topological polar surface area (TPSA) is 56.7 Å². The van der Waals surface area contributed by atoms with Crippen LogP contribution in [0.2, 0.25) is 0 Å². The van der Waals surface area contributed by atoms with Gasteiger partial charge in [0.1, 0.15) is 0 Å². The molecule has 150 valence electrons. The van der Waals surface area contributed by atoms with Crippen molar-refractivity contribution in [3.63, 3.8) is 0 Å². The SMILES string of the molecule is CN=C(NCCCC(=O)N1Cc2ccccc2C1)NC(C)c1ccccc1.I. The number of nitrogens with zero attached hydrogens (tertiary/aromatic N) is 2. The maximum Gasteiger partial charge on any atom is 0.223 e. The molecular formula is C22H29IN4O. The van der Waals surface area contributed by atoms with E-state index in [2.05, 4.69) is 46.8 Å². The summed E-state index contributed by atoms with van der Waals surface area (Å²) in [7, 11) is 1.76. The number of benzene rings is 2. The van der Waals surface area contributed by atoms with E-state index in [-0.39, 0.29) is 35.9 Å². The van der Waals surface area contributed by atoms with E-state index < -0.39 is 0 Å². The Labute approximate surface area is 184 Å². The van der Waals surface area contributed by atoms with Crippen molar-refractivity contribution in [1.29, 1.82) is 0 Å². The Hall–Kier alpha value is -2.09. The molecule has 6 heteroatoms. The third-order valence-electron chi connectivity index (χ3n) is 4.93. The minimum atomic E-state index is 0. The molecule has 0 saturated carbocycles. The molecule has 1 aliphatic rings. The number of carbonyl (C=O) groups is 1. The fourth-order valence-electron chi connectivity index (χ4n) is 3.34. The summed E-state index contributed by atoms with van der Waals surface area (Å²) in [4.78, 5) is 18.7. The van der Waals surface area contributed by atoms with E-state index in [1.807, 2.05) is 35.2 Å². The van der Waals surface area contributed by atoms with Crippen LogP contribution in [0.3, 0.4) is 0 Å². The highest BCUT2D eigenvalue weighted by atomic mass is 127. The maximum absolute atomic E-state index is 12.4. The highest BCUT2D eigenvalue weighted by molar-refractivity contribution is 14.0. The van der Waals surface area contributed by atoms with Crippen LogP contribution >= 0.6 is 24.0 Å². The highest BCUT2D eigenvalue weighted by Gasteiger charge is 2.22. The first-order valence-electron chi connectivity index (χ1n) is 9.54. The zero-order valence-corrected chi connectivity index (χ0v) is 18.9. The Kier molecular flexibility index (Phi) is 8.76. The third kappa shape index (κ3) is 5.95. The molecular weight excluding hydrogens is 463 g/mol. The fraction of sp³-hybridized carbons (Fsp3) is 0.364. The van der Waals surface area contributed by atoms with Gasteiger partial charge in [0.2, 0.25) is 5.91 Å². The van der Waals surface area contributed by atoms with E-state index >= 15 is 0 Å². The van der Waals surface area contributed by atoms with Crippen LogP contribution in [0.4, 0.5) is 0 Å². The first-order chi connectivity index (χ1) is 13.2. The van der Waals surface area contributed by atoms with Crippen LogP contribution in [-0.4, -0.2) is 30.4 Å². The normalized spacial score (nSPS) is 14.1. The van der Waals surface area contributed by atoms with E-state index in [4.69, 9.17) is 0 Å². The molecule has 1 aliphatic heterocycles. The zero-order chi connectivity index (χ0) is 19.1. The van der Waals surface area contributed by atoms with Gasteiger partial charge < -0.3 is 15.5 Å². The van der Waals surface area contributed by atoms with E-state index in [0.717, 1.165) is 25.5 Å². The Morgan fingerprint density at radius 2 is 1.68 bits per heavy atom. The van der Waals surface area contributed by atoms with E-state index in [9.17, 15) is 4.79 Å².